The van der Waals surface area contributed by atoms with Crippen LogP contribution in [0, 0.1) is 5.92 Å². The predicted octanol–water partition coefficient (Wildman–Crippen LogP) is 2.59. The maximum atomic E-state index is 9.43. The molecule has 112 valence electrons. The number of aliphatic hydroxyl groups excluding tert-OH is 1. The van der Waals surface area contributed by atoms with Crippen LogP contribution in [0.4, 0.5) is 5.69 Å². The normalized spacial score (nSPS) is 16.6. The second-order valence-corrected chi connectivity index (χ2v) is 5.69. The zero-order valence-corrected chi connectivity index (χ0v) is 12.5. The Labute approximate surface area is 125 Å². The second kappa shape index (κ2) is 6.41. The number of aliphatic hydroxyl groups is 1. The number of methoxy groups -OCH3 is 1. The van der Waals surface area contributed by atoms with E-state index in [0.717, 1.165) is 43.7 Å². The van der Waals surface area contributed by atoms with Crippen molar-refractivity contribution in [2.45, 2.75) is 19.4 Å². The Balaban J connectivity index is 1.89. The van der Waals surface area contributed by atoms with Gasteiger partial charge in [0.05, 0.1) is 17.8 Å². The highest BCUT2D eigenvalue weighted by Crippen LogP contribution is 2.30. The Bertz CT molecular complexity index is 607. The summed E-state index contributed by atoms with van der Waals surface area (Å²) in [7, 11) is 1.77. The Morgan fingerprint density at radius 1 is 1.29 bits per heavy atom. The van der Waals surface area contributed by atoms with Crippen molar-refractivity contribution in [3.05, 3.63) is 36.0 Å². The number of rotatable bonds is 4. The molecule has 1 aliphatic rings. The van der Waals surface area contributed by atoms with Crippen LogP contribution >= 0.6 is 0 Å². The fraction of sp³-hybridized carbons (Fsp3) is 0.471. The van der Waals surface area contributed by atoms with Crippen molar-refractivity contribution in [1.82, 2.24) is 4.98 Å². The number of ether oxygens (including phenoxy) is 1. The first-order valence-corrected chi connectivity index (χ1v) is 7.55. The Morgan fingerprint density at radius 2 is 2.05 bits per heavy atom. The fourth-order valence-electron chi connectivity index (χ4n) is 3.13. The quantitative estimate of drug-likeness (QED) is 0.938. The number of benzene rings is 1. The summed E-state index contributed by atoms with van der Waals surface area (Å²) in [5.41, 5.74) is 2.89. The van der Waals surface area contributed by atoms with Crippen LogP contribution in [0.1, 0.15) is 18.5 Å². The monoisotopic (exact) mass is 286 g/mol. The van der Waals surface area contributed by atoms with Crippen molar-refractivity contribution in [3.8, 4) is 0 Å². The summed E-state index contributed by atoms with van der Waals surface area (Å²) < 4.78 is 5.27. The lowest BCUT2D eigenvalue weighted by Gasteiger charge is -2.34. The van der Waals surface area contributed by atoms with Crippen LogP contribution < -0.4 is 4.90 Å². The van der Waals surface area contributed by atoms with Gasteiger partial charge >= 0.3 is 0 Å². The van der Waals surface area contributed by atoms with Gasteiger partial charge in [-0.15, -0.1) is 0 Å². The molecule has 0 unspecified atom stereocenters. The molecule has 21 heavy (non-hydrogen) atoms. The highest BCUT2D eigenvalue weighted by atomic mass is 16.5. The molecule has 2 aromatic rings. The predicted molar refractivity (Wildman–Crippen MR) is 84.5 cm³/mol. The van der Waals surface area contributed by atoms with Gasteiger partial charge in [-0.05, 0) is 30.9 Å². The first-order valence-electron chi connectivity index (χ1n) is 7.55. The number of hydrogen-bond donors (Lipinski definition) is 1. The summed E-state index contributed by atoms with van der Waals surface area (Å²) in [5.74, 6) is 0.664. The van der Waals surface area contributed by atoms with E-state index in [2.05, 4.69) is 16.0 Å². The van der Waals surface area contributed by atoms with E-state index in [4.69, 9.17) is 4.74 Å². The van der Waals surface area contributed by atoms with Crippen LogP contribution in [0.5, 0.6) is 0 Å². The molecule has 1 saturated heterocycles. The first-order chi connectivity index (χ1) is 10.3. The molecule has 3 rings (SSSR count). The van der Waals surface area contributed by atoms with Gasteiger partial charge in [-0.2, -0.15) is 0 Å². The van der Waals surface area contributed by atoms with E-state index >= 15 is 0 Å². The van der Waals surface area contributed by atoms with Crippen LogP contribution in [0.2, 0.25) is 0 Å². The van der Waals surface area contributed by atoms with Gasteiger partial charge in [-0.25, -0.2) is 0 Å². The second-order valence-electron chi connectivity index (χ2n) is 5.69. The average molecular weight is 286 g/mol. The number of hydrogen-bond acceptors (Lipinski definition) is 4. The Hall–Kier alpha value is -1.65. The number of nitrogens with zero attached hydrogens (tertiary/aromatic N) is 2. The van der Waals surface area contributed by atoms with E-state index in [1.54, 1.807) is 7.11 Å². The van der Waals surface area contributed by atoms with Crippen LogP contribution in [-0.2, 0) is 11.3 Å². The minimum atomic E-state index is -0.0159. The molecule has 0 saturated carbocycles. The molecule has 1 aliphatic heterocycles. The summed E-state index contributed by atoms with van der Waals surface area (Å²) in [6.07, 6.45) is 2.30. The summed E-state index contributed by atoms with van der Waals surface area (Å²) in [6.45, 7) is 2.91. The SMILES string of the molecule is COCC1CCN(c2cc(CO)nc3ccccc23)CC1. The summed E-state index contributed by atoms with van der Waals surface area (Å²) in [5, 5.41) is 10.6. The van der Waals surface area contributed by atoms with Crippen molar-refractivity contribution in [1.29, 1.82) is 0 Å². The first kappa shape index (κ1) is 14.3. The van der Waals surface area contributed by atoms with Crippen LogP contribution in [-0.4, -0.2) is 36.9 Å². The molecule has 0 atom stereocenters. The van der Waals surface area contributed by atoms with Gasteiger partial charge in [-0.1, -0.05) is 18.2 Å². The van der Waals surface area contributed by atoms with Gasteiger partial charge in [0, 0.05) is 37.9 Å². The van der Waals surface area contributed by atoms with Crippen LogP contribution in [0.25, 0.3) is 10.9 Å². The van der Waals surface area contributed by atoms with E-state index in [9.17, 15) is 5.11 Å². The molecule has 2 heterocycles. The molecular formula is C17H22N2O2. The minimum absolute atomic E-state index is 0.0159. The smallest absolute Gasteiger partial charge is 0.0854 e. The van der Waals surface area contributed by atoms with E-state index in [1.807, 2.05) is 24.3 Å². The largest absolute Gasteiger partial charge is 0.390 e. The van der Waals surface area contributed by atoms with E-state index in [1.165, 1.54) is 11.1 Å². The fourth-order valence-corrected chi connectivity index (χ4v) is 3.13. The molecule has 0 bridgehead atoms. The van der Waals surface area contributed by atoms with Gasteiger partial charge in [0.25, 0.3) is 0 Å². The lowest BCUT2D eigenvalue weighted by molar-refractivity contribution is 0.139. The Morgan fingerprint density at radius 3 is 2.76 bits per heavy atom. The zero-order chi connectivity index (χ0) is 14.7. The number of anilines is 1. The lowest BCUT2D eigenvalue weighted by atomic mass is 9.97. The van der Waals surface area contributed by atoms with Gasteiger partial charge in [0.15, 0.2) is 0 Å². The molecule has 0 radical (unpaired) electrons. The van der Waals surface area contributed by atoms with Crippen molar-refractivity contribution >= 4 is 16.6 Å². The highest BCUT2D eigenvalue weighted by Gasteiger charge is 2.21. The number of aromatic nitrogens is 1. The molecule has 1 aromatic carbocycles. The number of piperidine rings is 1. The number of para-hydroxylation sites is 1. The van der Waals surface area contributed by atoms with Crippen molar-refractivity contribution < 1.29 is 9.84 Å². The third-order valence-electron chi connectivity index (χ3n) is 4.27. The summed E-state index contributed by atoms with van der Waals surface area (Å²) in [4.78, 5) is 6.91. The zero-order valence-electron chi connectivity index (χ0n) is 12.5. The molecule has 1 aromatic heterocycles. The topological polar surface area (TPSA) is 45.6 Å². The van der Waals surface area contributed by atoms with Crippen LogP contribution in [0.15, 0.2) is 30.3 Å². The minimum Gasteiger partial charge on any atom is -0.390 e. The van der Waals surface area contributed by atoms with Gasteiger partial charge < -0.3 is 14.7 Å². The third-order valence-corrected chi connectivity index (χ3v) is 4.27. The van der Waals surface area contributed by atoms with Gasteiger partial charge in [-0.3, -0.25) is 4.98 Å². The van der Waals surface area contributed by atoms with Gasteiger partial charge in [0.1, 0.15) is 0 Å². The maximum absolute atomic E-state index is 9.43. The van der Waals surface area contributed by atoms with Crippen molar-refractivity contribution in [2.75, 3.05) is 31.7 Å². The third kappa shape index (κ3) is 3.01. The van der Waals surface area contributed by atoms with Crippen molar-refractivity contribution in [2.24, 2.45) is 5.92 Å². The van der Waals surface area contributed by atoms with E-state index < -0.39 is 0 Å². The molecule has 0 aliphatic carbocycles. The summed E-state index contributed by atoms with van der Waals surface area (Å²) >= 11 is 0. The van der Waals surface area contributed by atoms with Crippen LogP contribution in [0.3, 0.4) is 0 Å². The lowest BCUT2D eigenvalue weighted by Crippen LogP contribution is -2.35. The maximum Gasteiger partial charge on any atom is 0.0854 e. The molecule has 4 nitrogen and oxygen atoms in total. The highest BCUT2D eigenvalue weighted by molar-refractivity contribution is 5.92. The number of fused-ring (bicyclic) bond motifs is 1. The van der Waals surface area contributed by atoms with Crippen molar-refractivity contribution in [3.63, 3.8) is 0 Å². The molecular weight excluding hydrogens is 264 g/mol. The molecule has 1 fully saturated rings. The van der Waals surface area contributed by atoms with E-state index in [-0.39, 0.29) is 6.61 Å². The average Bonchev–Trinajstić information content (AvgIpc) is 2.55. The number of pyridine rings is 1. The molecule has 0 spiro atoms. The standard InChI is InChI=1S/C17H22N2O2/c1-21-12-13-6-8-19(9-7-13)17-10-14(11-20)18-16-5-3-2-4-15(16)17/h2-5,10,13,20H,6-9,11-12H2,1H3. The molecule has 4 heteroatoms. The van der Waals surface area contributed by atoms with E-state index in [0.29, 0.717) is 5.92 Å². The van der Waals surface area contributed by atoms with Gasteiger partial charge in [0.2, 0.25) is 0 Å². The summed E-state index contributed by atoms with van der Waals surface area (Å²) in [6, 6.07) is 10.2. The molecule has 1 N–H and O–H groups in total. The Kier molecular flexibility index (Phi) is 4.36. The molecule has 0 amide bonds.